The van der Waals surface area contributed by atoms with Crippen LogP contribution in [-0.2, 0) is 23.4 Å². The van der Waals surface area contributed by atoms with Gasteiger partial charge in [0.05, 0.1) is 0 Å². The van der Waals surface area contributed by atoms with E-state index in [0.29, 0.717) is 19.6 Å². The van der Waals surface area contributed by atoms with Crippen molar-refractivity contribution in [2.75, 3.05) is 6.54 Å². The van der Waals surface area contributed by atoms with E-state index in [1.54, 1.807) is 0 Å². The molecule has 3 rings (SSSR count). The molecular weight excluding hydrogens is 374 g/mol. The fourth-order valence-corrected chi connectivity index (χ4v) is 4.34. The largest absolute Gasteiger partial charge is 0.489 e. The second-order valence-corrected chi connectivity index (χ2v) is 9.62. The van der Waals surface area contributed by atoms with Gasteiger partial charge in [-0.15, -0.1) is 0 Å². The number of carbonyl (C=O) groups is 1. The Bertz CT molecular complexity index is 880. The summed E-state index contributed by atoms with van der Waals surface area (Å²) in [7, 11) is 0. The second-order valence-electron chi connectivity index (χ2n) is 9.62. The van der Waals surface area contributed by atoms with Gasteiger partial charge in [-0.3, -0.25) is 9.69 Å². The van der Waals surface area contributed by atoms with Crippen molar-refractivity contribution < 1.29 is 14.6 Å². The molecule has 1 heterocycles. The maximum Gasteiger partial charge on any atom is 0.320 e. The van der Waals surface area contributed by atoms with Gasteiger partial charge in [0.25, 0.3) is 0 Å². The van der Waals surface area contributed by atoms with Crippen molar-refractivity contribution in [1.82, 2.24) is 4.90 Å². The summed E-state index contributed by atoms with van der Waals surface area (Å²) in [6.07, 6.45) is 2.74. The van der Waals surface area contributed by atoms with Gasteiger partial charge in [0.2, 0.25) is 0 Å². The summed E-state index contributed by atoms with van der Waals surface area (Å²) in [4.78, 5) is 13.9. The van der Waals surface area contributed by atoms with Crippen LogP contribution in [0, 0.1) is 13.8 Å². The number of nitrogens with zero attached hydrogens (tertiary/aromatic N) is 1. The molecule has 1 atom stereocenters. The number of ether oxygens (including phenoxy) is 1. The average molecular weight is 410 g/mol. The lowest BCUT2D eigenvalue weighted by atomic mass is 9.83. The van der Waals surface area contributed by atoms with Crippen LogP contribution in [0.2, 0.25) is 0 Å². The summed E-state index contributed by atoms with van der Waals surface area (Å²) in [5.74, 6) is 0.140. The van der Waals surface area contributed by atoms with E-state index in [9.17, 15) is 9.90 Å². The third-order valence-corrected chi connectivity index (χ3v) is 6.00. The number of rotatable bonds is 6. The first kappa shape index (κ1) is 22.4. The maximum absolute atomic E-state index is 11.8. The van der Waals surface area contributed by atoms with Gasteiger partial charge in [-0.1, -0.05) is 63.1 Å². The van der Waals surface area contributed by atoms with Crippen molar-refractivity contribution in [2.24, 2.45) is 0 Å². The average Bonchev–Trinajstić information content (AvgIpc) is 2.68. The molecule has 1 saturated heterocycles. The normalized spacial score (nSPS) is 17.7. The third-order valence-electron chi connectivity index (χ3n) is 6.00. The number of aryl methyl sites for hydroxylation is 2. The van der Waals surface area contributed by atoms with E-state index < -0.39 is 12.0 Å². The van der Waals surface area contributed by atoms with Crippen molar-refractivity contribution in [3.63, 3.8) is 0 Å². The molecule has 0 radical (unpaired) electrons. The van der Waals surface area contributed by atoms with Gasteiger partial charge in [-0.2, -0.15) is 0 Å². The van der Waals surface area contributed by atoms with E-state index in [4.69, 9.17) is 4.74 Å². The molecule has 0 unspecified atom stereocenters. The number of carboxylic acids is 1. The summed E-state index contributed by atoms with van der Waals surface area (Å²) in [5.41, 5.74) is 5.93. The van der Waals surface area contributed by atoms with E-state index in [-0.39, 0.29) is 5.41 Å². The predicted molar refractivity (Wildman–Crippen MR) is 121 cm³/mol. The minimum absolute atomic E-state index is 0.0132. The van der Waals surface area contributed by atoms with E-state index in [2.05, 4.69) is 75.9 Å². The smallest absolute Gasteiger partial charge is 0.320 e. The Morgan fingerprint density at radius 2 is 1.83 bits per heavy atom. The summed E-state index contributed by atoms with van der Waals surface area (Å²) in [6, 6.07) is 12.3. The molecule has 0 spiro atoms. The van der Waals surface area contributed by atoms with Crippen molar-refractivity contribution in [3.05, 3.63) is 64.2 Å². The first-order valence-electron chi connectivity index (χ1n) is 10.9. The van der Waals surface area contributed by atoms with Crippen LogP contribution in [0.4, 0.5) is 0 Å². The Hall–Kier alpha value is -2.33. The molecule has 1 fully saturated rings. The van der Waals surface area contributed by atoms with E-state index in [1.165, 1.54) is 16.7 Å². The van der Waals surface area contributed by atoms with Crippen molar-refractivity contribution in [2.45, 2.75) is 78.5 Å². The Morgan fingerprint density at radius 3 is 2.47 bits per heavy atom. The fourth-order valence-electron chi connectivity index (χ4n) is 4.34. The number of benzene rings is 2. The fraction of sp³-hybridized carbons (Fsp3) is 0.500. The Labute approximate surface area is 180 Å². The van der Waals surface area contributed by atoms with E-state index >= 15 is 0 Å². The van der Waals surface area contributed by atoms with E-state index in [0.717, 1.165) is 36.3 Å². The number of likely N-dealkylation sites (tertiary alicyclic amines) is 1. The molecule has 1 N–H and O–H groups in total. The highest BCUT2D eigenvalue weighted by atomic mass is 16.5. The molecule has 0 amide bonds. The molecule has 2 aromatic carbocycles. The Kier molecular flexibility index (Phi) is 6.87. The van der Waals surface area contributed by atoms with Gasteiger partial charge in [-0.05, 0) is 61.4 Å². The Morgan fingerprint density at radius 1 is 1.13 bits per heavy atom. The highest BCUT2D eigenvalue weighted by Gasteiger charge is 2.29. The highest BCUT2D eigenvalue weighted by Crippen LogP contribution is 2.34. The molecule has 2 aromatic rings. The van der Waals surface area contributed by atoms with Crippen LogP contribution in [0.15, 0.2) is 36.4 Å². The number of hydrogen-bond donors (Lipinski definition) is 1. The summed E-state index contributed by atoms with van der Waals surface area (Å²) < 4.78 is 6.32. The first-order valence-corrected chi connectivity index (χ1v) is 10.9. The lowest BCUT2D eigenvalue weighted by Gasteiger charge is -2.33. The molecule has 1 aliphatic heterocycles. The topological polar surface area (TPSA) is 49.8 Å². The van der Waals surface area contributed by atoms with Gasteiger partial charge < -0.3 is 9.84 Å². The van der Waals surface area contributed by atoms with Gasteiger partial charge in [0, 0.05) is 12.1 Å². The number of carboxylic acid groups (broad SMARTS) is 1. The number of piperidine rings is 1. The maximum atomic E-state index is 11.8. The van der Waals surface area contributed by atoms with Crippen LogP contribution in [-0.4, -0.2) is 28.6 Å². The standard InChI is InChI=1S/C26H35NO3/c1-18-9-11-20(12-10-18)17-30-24-15-22(26(3,4)5)19(2)14-21(24)16-27-13-7-6-8-23(27)25(28)29/h9-12,14-15,23H,6-8,13,16-17H2,1-5H3,(H,28,29)/t23-/m0/s1. The monoisotopic (exact) mass is 409 g/mol. The first-order chi connectivity index (χ1) is 14.1. The zero-order valence-electron chi connectivity index (χ0n) is 19.0. The summed E-state index contributed by atoms with van der Waals surface area (Å²) in [5, 5.41) is 9.66. The quantitative estimate of drug-likeness (QED) is 0.673. The molecule has 0 aromatic heterocycles. The summed E-state index contributed by atoms with van der Waals surface area (Å²) in [6.45, 7) is 12.8. The van der Waals surface area contributed by atoms with E-state index in [1.807, 2.05) is 0 Å². The number of hydrogen-bond acceptors (Lipinski definition) is 3. The Balaban J connectivity index is 1.90. The van der Waals surface area contributed by atoms with Crippen LogP contribution in [0.1, 0.15) is 67.9 Å². The second kappa shape index (κ2) is 9.22. The van der Waals surface area contributed by atoms with Gasteiger partial charge in [0.1, 0.15) is 18.4 Å². The van der Waals surface area contributed by atoms with Gasteiger partial charge >= 0.3 is 5.97 Å². The molecule has 1 aliphatic rings. The molecule has 30 heavy (non-hydrogen) atoms. The van der Waals surface area contributed by atoms with Crippen LogP contribution in [0.5, 0.6) is 5.75 Å². The van der Waals surface area contributed by atoms with Crippen molar-refractivity contribution in [3.8, 4) is 5.75 Å². The van der Waals surface area contributed by atoms with Crippen molar-refractivity contribution >= 4 is 5.97 Å². The van der Waals surface area contributed by atoms with Crippen LogP contribution in [0.3, 0.4) is 0 Å². The molecule has 0 bridgehead atoms. The van der Waals surface area contributed by atoms with Crippen LogP contribution < -0.4 is 4.74 Å². The molecule has 162 valence electrons. The zero-order chi connectivity index (χ0) is 21.9. The molecular formula is C26H35NO3. The third kappa shape index (κ3) is 5.42. The van der Waals surface area contributed by atoms with Crippen LogP contribution >= 0.6 is 0 Å². The van der Waals surface area contributed by atoms with Gasteiger partial charge in [0.15, 0.2) is 0 Å². The SMILES string of the molecule is Cc1ccc(COc2cc(C(C)(C)C)c(C)cc2CN2CCCC[C@H]2C(=O)O)cc1. The zero-order valence-corrected chi connectivity index (χ0v) is 19.0. The number of aliphatic carboxylic acids is 1. The molecule has 4 nitrogen and oxygen atoms in total. The van der Waals surface area contributed by atoms with Crippen LogP contribution in [0.25, 0.3) is 0 Å². The highest BCUT2D eigenvalue weighted by molar-refractivity contribution is 5.73. The van der Waals surface area contributed by atoms with Crippen molar-refractivity contribution in [1.29, 1.82) is 0 Å². The minimum atomic E-state index is -0.722. The summed E-state index contributed by atoms with van der Waals surface area (Å²) >= 11 is 0. The lowest BCUT2D eigenvalue weighted by Crippen LogP contribution is -2.44. The molecule has 0 aliphatic carbocycles. The molecule has 4 heteroatoms. The minimum Gasteiger partial charge on any atom is -0.489 e. The predicted octanol–water partition coefficient (Wildman–Crippen LogP) is 5.62. The lowest BCUT2D eigenvalue weighted by molar-refractivity contribution is -0.144. The molecule has 0 saturated carbocycles. The van der Waals surface area contributed by atoms with Gasteiger partial charge in [-0.25, -0.2) is 0 Å².